The minimum absolute atomic E-state index is 0.0315. The highest BCUT2D eigenvalue weighted by atomic mass is 32.2. The quantitative estimate of drug-likeness (QED) is 0.375. The third-order valence-electron chi connectivity index (χ3n) is 2.40. The number of rotatable bonds is 4. The summed E-state index contributed by atoms with van der Waals surface area (Å²) in [5.74, 6) is 4.65. The third kappa shape index (κ3) is 3.16. The summed E-state index contributed by atoms with van der Waals surface area (Å²) < 4.78 is 32.0. The molecule has 3 N–H and O–H groups in total. The molecular weight excluding hydrogens is 284 g/mol. The Morgan fingerprint density at radius 1 is 1.35 bits per heavy atom. The van der Waals surface area contributed by atoms with E-state index in [9.17, 15) is 13.2 Å². The van der Waals surface area contributed by atoms with Crippen LogP contribution in [0, 0.1) is 0 Å². The van der Waals surface area contributed by atoms with Gasteiger partial charge in [0.2, 0.25) is 0 Å². The summed E-state index contributed by atoms with van der Waals surface area (Å²) >= 11 is 0. The van der Waals surface area contributed by atoms with Crippen LogP contribution in [0.25, 0.3) is 11.1 Å². The first-order chi connectivity index (χ1) is 9.40. The van der Waals surface area contributed by atoms with Crippen molar-refractivity contribution in [1.82, 2.24) is 5.43 Å². The fourth-order valence-corrected chi connectivity index (χ4v) is 2.12. The van der Waals surface area contributed by atoms with Crippen molar-refractivity contribution < 1.29 is 21.8 Å². The van der Waals surface area contributed by atoms with Crippen LogP contribution in [-0.4, -0.2) is 20.6 Å². The average molecular weight is 296 g/mol. The summed E-state index contributed by atoms with van der Waals surface area (Å²) in [5, 5.41) is 0. The minimum Gasteiger partial charge on any atom is -0.458 e. The van der Waals surface area contributed by atoms with Crippen LogP contribution in [-0.2, 0) is 10.1 Å². The van der Waals surface area contributed by atoms with E-state index in [2.05, 4.69) is 0 Å². The average Bonchev–Trinajstić information content (AvgIpc) is 2.85. The Morgan fingerprint density at radius 2 is 2.10 bits per heavy atom. The zero-order chi connectivity index (χ0) is 14.8. The normalized spacial score (nSPS) is 11.1. The molecule has 7 nitrogen and oxygen atoms in total. The van der Waals surface area contributed by atoms with E-state index in [-0.39, 0.29) is 11.5 Å². The van der Waals surface area contributed by atoms with Gasteiger partial charge in [0.05, 0.1) is 12.5 Å². The molecule has 0 aliphatic carbocycles. The van der Waals surface area contributed by atoms with Gasteiger partial charge in [-0.3, -0.25) is 10.2 Å². The van der Waals surface area contributed by atoms with E-state index < -0.39 is 16.0 Å². The van der Waals surface area contributed by atoms with Gasteiger partial charge in [0.25, 0.3) is 0 Å². The van der Waals surface area contributed by atoms with Gasteiger partial charge in [-0.15, -0.1) is 0 Å². The van der Waals surface area contributed by atoms with Gasteiger partial charge in [0, 0.05) is 5.56 Å². The van der Waals surface area contributed by atoms with Crippen molar-refractivity contribution >= 4 is 16.0 Å². The van der Waals surface area contributed by atoms with Crippen LogP contribution >= 0.6 is 0 Å². The number of nitrogen functional groups attached to an aromatic ring is 1. The zero-order valence-electron chi connectivity index (χ0n) is 10.5. The van der Waals surface area contributed by atoms with Crippen LogP contribution in [0.3, 0.4) is 0 Å². The number of amides is 1. The molecule has 20 heavy (non-hydrogen) atoms. The molecule has 0 radical (unpaired) electrons. The van der Waals surface area contributed by atoms with Gasteiger partial charge in [-0.1, -0.05) is 12.1 Å². The standard InChI is InChI=1S/C12H12N2O5S/c1-20(16,17)19-9-4-2-3-8(7-9)10-5-6-18-11(10)12(15)14-13/h2-7H,13H2,1H3,(H,14,15). The fraction of sp³-hybridized carbons (Fsp3) is 0.0833. The number of benzene rings is 1. The predicted octanol–water partition coefficient (Wildman–Crippen LogP) is 0.889. The summed E-state index contributed by atoms with van der Waals surface area (Å²) in [5.41, 5.74) is 3.02. The number of nitrogens with two attached hydrogens (primary N) is 1. The zero-order valence-corrected chi connectivity index (χ0v) is 11.3. The molecule has 0 spiro atoms. The minimum atomic E-state index is -3.62. The molecule has 8 heteroatoms. The van der Waals surface area contributed by atoms with E-state index in [1.165, 1.54) is 18.4 Å². The lowest BCUT2D eigenvalue weighted by Gasteiger charge is -2.05. The number of nitrogens with one attached hydrogen (secondary N) is 1. The summed E-state index contributed by atoms with van der Waals surface area (Å²) in [6.45, 7) is 0. The fourth-order valence-electron chi connectivity index (χ4n) is 1.67. The summed E-state index contributed by atoms with van der Waals surface area (Å²) in [7, 11) is -3.62. The molecule has 0 saturated carbocycles. The van der Waals surface area contributed by atoms with Crippen molar-refractivity contribution in [3.05, 3.63) is 42.4 Å². The van der Waals surface area contributed by atoms with E-state index in [0.29, 0.717) is 11.1 Å². The maximum atomic E-state index is 11.5. The van der Waals surface area contributed by atoms with E-state index in [0.717, 1.165) is 6.26 Å². The van der Waals surface area contributed by atoms with E-state index in [1.54, 1.807) is 18.2 Å². The first-order valence-electron chi connectivity index (χ1n) is 5.49. The molecule has 1 aromatic heterocycles. The van der Waals surface area contributed by atoms with Gasteiger partial charge in [0.15, 0.2) is 5.76 Å². The highest BCUT2D eigenvalue weighted by Gasteiger charge is 2.16. The largest absolute Gasteiger partial charge is 0.458 e. The van der Waals surface area contributed by atoms with Crippen molar-refractivity contribution in [2.75, 3.05) is 6.26 Å². The van der Waals surface area contributed by atoms with Gasteiger partial charge < -0.3 is 8.60 Å². The maximum Gasteiger partial charge on any atom is 0.306 e. The topological polar surface area (TPSA) is 112 Å². The van der Waals surface area contributed by atoms with Gasteiger partial charge in [-0.25, -0.2) is 5.84 Å². The summed E-state index contributed by atoms with van der Waals surface area (Å²) in [6, 6.07) is 7.84. The third-order valence-corrected chi connectivity index (χ3v) is 2.89. The highest BCUT2D eigenvalue weighted by molar-refractivity contribution is 7.86. The molecule has 1 amide bonds. The number of carbonyl (C=O) groups excluding carboxylic acids is 1. The van der Waals surface area contributed by atoms with Crippen molar-refractivity contribution in [3.63, 3.8) is 0 Å². The maximum absolute atomic E-state index is 11.5. The summed E-state index contributed by atoms with van der Waals surface area (Å²) in [4.78, 5) is 11.5. The van der Waals surface area contributed by atoms with Crippen LogP contribution in [0.2, 0.25) is 0 Å². The molecule has 0 aliphatic rings. The molecule has 0 saturated heterocycles. The van der Waals surface area contributed by atoms with E-state index in [1.807, 2.05) is 5.43 Å². The Kier molecular flexibility index (Phi) is 3.77. The van der Waals surface area contributed by atoms with Gasteiger partial charge >= 0.3 is 16.0 Å². The van der Waals surface area contributed by atoms with Crippen LogP contribution < -0.4 is 15.5 Å². The second-order valence-electron chi connectivity index (χ2n) is 3.95. The monoisotopic (exact) mass is 296 g/mol. The molecule has 0 atom stereocenters. The van der Waals surface area contributed by atoms with E-state index >= 15 is 0 Å². The summed E-state index contributed by atoms with van der Waals surface area (Å²) in [6.07, 6.45) is 2.29. The van der Waals surface area contributed by atoms with Crippen molar-refractivity contribution in [2.45, 2.75) is 0 Å². The lowest BCUT2D eigenvalue weighted by atomic mass is 10.1. The Bertz CT molecular complexity index is 736. The van der Waals surface area contributed by atoms with Crippen molar-refractivity contribution in [1.29, 1.82) is 0 Å². The SMILES string of the molecule is CS(=O)(=O)Oc1cccc(-c2ccoc2C(=O)NN)c1. The first kappa shape index (κ1) is 14.1. The Morgan fingerprint density at radius 3 is 2.75 bits per heavy atom. The smallest absolute Gasteiger partial charge is 0.306 e. The molecule has 106 valence electrons. The van der Waals surface area contributed by atoms with Gasteiger partial charge in [0.1, 0.15) is 5.75 Å². The molecule has 0 bridgehead atoms. The van der Waals surface area contributed by atoms with Gasteiger partial charge in [-0.05, 0) is 23.8 Å². The molecular formula is C12H12N2O5S. The number of furan rings is 1. The number of carbonyl (C=O) groups is 1. The van der Waals surface area contributed by atoms with Crippen LogP contribution in [0.5, 0.6) is 5.75 Å². The molecule has 2 aromatic rings. The number of hydrogen-bond donors (Lipinski definition) is 2. The predicted molar refractivity (Wildman–Crippen MR) is 71.3 cm³/mol. The number of hydrogen-bond acceptors (Lipinski definition) is 6. The number of hydrazine groups is 1. The van der Waals surface area contributed by atoms with Gasteiger partial charge in [-0.2, -0.15) is 8.42 Å². The molecule has 0 fully saturated rings. The second kappa shape index (κ2) is 5.35. The van der Waals surface area contributed by atoms with Crippen LogP contribution in [0.1, 0.15) is 10.6 Å². The Labute approximate surface area is 115 Å². The molecule has 2 rings (SSSR count). The lowest BCUT2D eigenvalue weighted by Crippen LogP contribution is -2.29. The van der Waals surface area contributed by atoms with Crippen molar-refractivity contribution in [3.8, 4) is 16.9 Å². The Hall–Kier alpha value is -2.32. The first-order valence-corrected chi connectivity index (χ1v) is 7.30. The van der Waals surface area contributed by atoms with Crippen molar-refractivity contribution in [2.24, 2.45) is 5.84 Å². The van der Waals surface area contributed by atoms with Crippen LogP contribution in [0.15, 0.2) is 41.0 Å². The lowest BCUT2D eigenvalue weighted by molar-refractivity contribution is 0.0927. The Balaban J connectivity index is 2.42. The highest BCUT2D eigenvalue weighted by Crippen LogP contribution is 2.28. The molecule has 0 aliphatic heterocycles. The molecule has 0 unspecified atom stereocenters. The molecule has 1 heterocycles. The molecule has 1 aromatic carbocycles. The van der Waals surface area contributed by atoms with E-state index in [4.69, 9.17) is 14.4 Å². The second-order valence-corrected chi connectivity index (χ2v) is 5.53. The van der Waals surface area contributed by atoms with Crippen LogP contribution in [0.4, 0.5) is 0 Å².